The van der Waals surface area contributed by atoms with Crippen LogP contribution in [0.1, 0.15) is 43.6 Å². The first-order chi connectivity index (χ1) is 23.0. The van der Waals surface area contributed by atoms with Crippen LogP contribution in [-0.2, 0) is 19.2 Å². The van der Waals surface area contributed by atoms with Gasteiger partial charge in [0, 0.05) is 26.8 Å². The zero-order valence-electron chi connectivity index (χ0n) is 26.3. The van der Waals surface area contributed by atoms with E-state index in [1.807, 2.05) is 19.1 Å². The number of halogens is 1. The topological polar surface area (TPSA) is 155 Å². The summed E-state index contributed by atoms with van der Waals surface area (Å²) in [6, 6.07) is 11.1. The molecule has 3 aromatic rings. The molecule has 3 heterocycles. The monoisotopic (exact) mass is 711 g/mol. The van der Waals surface area contributed by atoms with E-state index in [1.165, 1.54) is 0 Å². The van der Waals surface area contributed by atoms with Gasteiger partial charge in [0.05, 0.1) is 23.5 Å². The van der Waals surface area contributed by atoms with E-state index in [-0.39, 0.29) is 52.2 Å². The van der Waals surface area contributed by atoms with Crippen molar-refractivity contribution in [3.05, 3.63) is 67.6 Å². The molecule has 0 radical (unpaired) electrons. The lowest BCUT2D eigenvalue weighted by Crippen LogP contribution is -2.49. The molecule has 2 aromatic carbocycles. The highest BCUT2D eigenvalue weighted by molar-refractivity contribution is 8.00. The molecule has 0 spiro atoms. The van der Waals surface area contributed by atoms with Crippen molar-refractivity contribution in [2.24, 2.45) is 35.5 Å². The maximum atomic E-state index is 14.0. The lowest BCUT2D eigenvalue weighted by atomic mass is 9.68. The third-order valence-corrected chi connectivity index (χ3v) is 12.9. The number of carboxylic acid groups (broad SMARTS) is 1. The Morgan fingerprint density at radius 2 is 1.75 bits per heavy atom. The summed E-state index contributed by atoms with van der Waals surface area (Å²) in [5.41, 5.74) is 1.45. The van der Waals surface area contributed by atoms with E-state index in [0.29, 0.717) is 35.2 Å². The number of nitrogens with zero attached hydrogens (tertiary/aromatic N) is 1. The molecule has 2 saturated carbocycles. The minimum absolute atomic E-state index is 0.0546. The van der Waals surface area contributed by atoms with Crippen LogP contribution in [-0.4, -0.2) is 63.2 Å². The summed E-state index contributed by atoms with van der Waals surface area (Å²) in [5, 5.41) is 14.0. The number of carboxylic acids is 1. The molecule has 3 fully saturated rings. The number of aliphatic carboxylic acids is 1. The normalized spacial score (nSPS) is 27.4. The zero-order valence-corrected chi connectivity index (χ0v) is 28.7. The fraction of sp³-hybridized carbons (Fsp3) is 0.441. The van der Waals surface area contributed by atoms with Crippen LogP contribution < -0.4 is 19.7 Å². The number of benzene rings is 2. The second-order valence-electron chi connectivity index (χ2n) is 13.0. The molecule has 7 unspecified atom stereocenters. The minimum atomic E-state index is -1.21. The average Bonchev–Trinajstić information content (AvgIpc) is 3.77. The van der Waals surface area contributed by atoms with E-state index < -0.39 is 35.7 Å². The first-order valence-corrected chi connectivity index (χ1v) is 18.0. The van der Waals surface area contributed by atoms with Crippen molar-refractivity contribution < 1.29 is 33.8 Å². The first kappa shape index (κ1) is 32.7. The van der Waals surface area contributed by atoms with E-state index in [9.17, 15) is 29.1 Å². The number of amides is 3. The van der Waals surface area contributed by atoms with Gasteiger partial charge >= 0.3 is 10.8 Å². The summed E-state index contributed by atoms with van der Waals surface area (Å²) in [6.45, 7) is 5.34. The molecule has 7 rings (SSSR count). The molecule has 2 bridgehead atoms. The maximum Gasteiger partial charge on any atom is 0.327 e. The van der Waals surface area contributed by atoms with Crippen molar-refractivity contribution in [2.45, 2.75) is 49.4 Å². The van der Waals surface area contributed by atoms with Crippen LogP contribution in [0.2, 0.25) is 5.02 Å². The molecule has 4 aliphatic rings. The number of thioether (sulfide) groups is 1. The van der Waals surface area contributed by atoms with Crippen LogP contribution in [0.15, 0.2) is 52.3 Å². The van der Waals surface area contributed by atoms with E-state index in [1.54, 1.807) is 55.9 Å². The third kappa shape index (κ3) is 5.39. The highest BCUT2D eigenvalue weighted by atomic mass is 35.5. The quantitative estimate of drug-likeness (QED) is 0.244. The number of imide groups is 1. The van der Waals surface area contributed by atoms with Gasteiger partial charge in [0.15, 0.2) is 18.1 Å². The number of aromatic nitrogens is 1. The number of carbonyl (C=O) groups is 4. The van der Waals surface area contributed by atoms with E-state index in [4.69, 9.17) is 21.1 Å². The molecular weight excluding hydrogens is 678 g/mol. The van der Waals surface area contributed by atoms with Crippen molar-refractivity contribution in [3.63, 3.8) is 0 Å². The van der Waals surface area contributed by atoms with Gasteiger partial charge < -0.3 is 24.9 Å². The Labute approximate surface area is 289 Å². The number of rotatable bonds is 10. The summed E-state index contributed by atoms with van der Waals surface area (Å²) in [4.78, 5) is 70.0. The number of anilines is 1. The highest BCUT2D eigenvalue weighted by Gasteiger charge is 2.70. The van der Waals surface area contributed by atoms with Crippen molar-refractivity contribution in [3.8, 4) is 11.5 Å². The summed E-state index contributed by atoms with van der Waals surface area (Å²) >= 11 is 8.64. The van der Waals surface area contributed by atoms with Crippen LogP contribution >= 0.6 is 34.7 Å². The third-order valence-electron chi connectivity index (χ3n) is 10.0. The Kier molecular flexibility index (Phi) is 8.57. The number of hydrogen-bond donors (Lipinski definition) is 3. The van der Waals surface area contributed by atoms with Crippen molar-refractivity contribution in [1.82, 2.24) is 9.88 Å². The number of thiazole rings is 1. The molecule has 11 nitrogen and oxygen atoms in total. The number of carbonyl (C=O) groups excluding carboxylic acids is 3. The van der Waals surface area contributed by atoms with Crippen molar-refractivity contribution in [1.29, 1.82) is 0 Å². The Morgan fingerprint density at radius 3 is 2.42 bits per heavy atom. The maximum absolute atomic E-state index is 14.0. The summed E-state index contributed by atoms with van der Waals surface area (Å²) in [6.07, 6.45) is 0.681. The predicted molar refractivity (Wildman–Crippen MR) is 180 cm³/mol. The molecular formula is C34H34ClN3O8S2. The van der Waals surface area contributed by atoms with Crippen molar-refractivity contribution >= 4 is 64.1 Å². The molecule has 8 atom stereocenters. The molecule has 3 N–H and O–H groups in total. The van der Waals surface area contributed by atoms with Crippen LogP contribution in [0.5, 0.6) is 11.5 Å². The standard InChI is InChI=1S/C34H34ClN3O8S2/c1-4-45-21-11-15(5-10-20(21)46-13-22(39)36-17-8-6-16(35)7-9-17)23-24-18-12-19(28(24)47-30-29(23)48-34(44)37-30)26-25(18)31(40)38(32(26)41)27(14(2)3)33(42)43/h5-11,14,18-19,23-28H,4,12-13H2,1-3H3,(H,36,39)(H,37,44)(H,42,43)/t18?,19?,23-,24?,25?,26?,27?,28?/m1/s1. The smallest absolute Gasteiger partial charge is 0.327 e. The molecule has 2 aliphatic carbocycles. The fourth-order valence-electron chi connectivity index (χ4n) is 8.36. The molecule has 1 saturated heterocycles. The van der Waals surface area contributed by atoms with Gasteiger partial charge in [-0.3, -0.25) is 24.1 Å². The van der Waals surface area contributed by atoms with Crippen LogP contribution in [0, 0.1) is 35.5 Å². The molecule has 3 amide bonds. The van der Waals surface area contributed by atoms with Crippen LogP contribution in [0.25, 0.3) is 0 Å². The van der Waals surface area contributed by atoms with E-state index in [2.05, 4.69) is 10.3 Å². The average molecular weight is 712 g/mol. The molecule has 14 heteroatoms. The summed E-state index contributed by atoms with van der Waals surface area (Å²) in [7, 11) is 0. The summed E-state index contributed by atoms with van der Waals surface area (Å²) < 4.78 is 11.9. The minimum Gasteiger partial charge on any atom is -0.490 e. The molecule has 48 heavy (non-hydrogen) atoms. The number of likely N-dealkylation sites (tertiary alicyclic amines) is 1. The van der Waals surface area contributed by atoms with Gasteiger partial charge in [0.2, 0.25) is 11.8 Å². The Morgan fingerprint density at radius 1 is 1.04 bits per heavy atom. The largest absolute Gasteiger partial charge is 0.490 e. The first-order valence-electron chi connectivity index (χ1n) is 15.9. The number of fused-ring (bicyclic) bond motifs is 9. The number of H-pyrrole nitrogens is 1. The van der Waals surface area contributed by atoms with Gasteiger partial charge in [0.25, 0.3) is 5.91 Å². The number of ether oxygens (including phenoxy) is 2. The van der Waals surface area contributed by atoms with Gasteiger partial charge in [-0.1, -0.05) is 42.9 Å². The van der Waals surface area contributed by atoms with E-state index >= 15 is 0 Å². The fourth-order valence-corrected chi connectivity index (χ4v) is 11.4. The second-order valence-corrected chi connectivity index (χ2v) is 15.7. The molecule has 252 valence electrons. The number of aromatic amines is 1. The number of nitrogens with one attached hydrogen (secondary N) is 2. The Bertz CT molecular complexity index is 1860. The zero-order chi connectivity index (χ0) is 34.0. The Balaban J connectivity index is 1.19. The lowest BCUT2D eigenvalue weighted by Gasteiger charge is -2.43. The number of hydrogen-bond acceptors (Lipinski definition) is 9. The van der Waals surface area contributed by atoms with Gasteiger partial charge in [-0.05, 0) is 79.0 Å². The second kappa shape index (κ2) is 12.6. The SMILES string of the molecule is CCOc1cc([C@H]2c3sc(=O)[nH]c3SC3C4CC(C5C(=O)N(C(C(=O)O)C(C)C)C(=O)C45)C32)ccc1OCC(=O)Nc1ccc(Cl)cc1. The predicted octanol–water partition coefficient (Wildman–Crippen LogP) is 5.09. The highest BCUT2D eigenvalue weighted by Crippen LogP contribution is 2.68. The Hall–Kier alpha value is -3.81. The van der Waals surface area contributed by atoms with Gasteiger partial charge in [-0.2, -0.15) is 0 Å². The van der Waals surface area contributed by atoms with E-state index in [0.717, 1.165) is 31.7 Å². The molecule has 2 aliphatic heterocycles. The van der Waals surface area contributed by atoms with Crippen LogP contribution in [0.3, 0.4) is 0 Å². The van der Waals surface area contributed by atoms with Crippen molar-refractivity contribution in [2.75, 3.05) is 18.5 Å². The van der Waals surface area contributed by atoms with Gasteiger partial charge in [0.1, 0.15) is 6.04 Å². The molecule has 1 aromatic heterocycles. The van der Waals surface area contributed by atoms with Gasteiger partial charge in [-0.15, -0.1) is 11.8 Å². The lowest BCUT2D eigenvalue weighted by molar-refractivity contribution is -0.157. The van der Waals surface area contributed by atoms with Gasteiger partial charge in [-0.25, -0.2) is 4.79 Å². The van der Waals surface area contributed by atoms with Crippen LogP contribution in [0.4, 0.5) is 5.69 Å². The summed E-state index contributed by atoms with van der Waals surface area (Å²) in [5.74, 6) is -3.77.